The van der Waals surface area contributed by atoms with Crippen molar-refractivity contribution in [1.82, 2.24) is 10.6 Å². The number of carbonyl (C=O) groups excluding carboxylic acids is 2. The van der Waals surface area contributed by atoms with Crippen molar-refractivity contribution < 1.29 is 14.3 Å². The van der Waals surface area contributed by atoms with Crippen molar-refractivity contribution in [3.05, 3.63) is 94.5 Å². The summed E-state index contributed by atoms with van der Waals surface area (Å²) in [5.41, 5.74) is 2.99. The number of hydrogen-bond acceptors (Lipinski definition) is 4. The van der Waals surface area contributed by atoms with Gasteiger partial charge in [0.15, 0.2) is 0 Å². The van der Waals surface area contributed by atoms with Crippen LogP contribution >= 0.6 is 11.6 Å². The molecule has 3 aromatic carbocycles. The van der Waals surface area contributed by atoms with Crippen LogP contribution in [0, 0.1) is 6.92 Å². The molecule has 0 saturated carbocycles. The molecular formula is C26H28ClN3O3. The average molecular weight is 466 g/mol. The first-order valence-corrected chi connectivity index (χ1v) is 11.1. The molecule has 0 heterocycles. The van der Waals surface area contributed by atoms with E-state index in [0.717, 1.165) is 22.6 Å². The first-order chi connectivity index (χ1) is 16.0. The second kappa shape index (κ2) is 11.9. The van der Waals surface area contributed by atoms with Gasteiger partial charge in [0.25, 0.3) is 5.91 Å². The molecule has 3 N–H and O–H groups in total. The number of methoxy groups -OCH3 is 1. The van der Waals surface area contributed by atoms with E-state index in [-0.39, 0.29) is 18.4 Å². The van der Waals surface area contributed by atoms with Crippen LogP contribution in [0.1, 0.15) is 27.4 Å². The van der Waals surface area contributed by atoms with Gasteiger partial charge < -0.3 is 20.7 Å². The quantitative estimate of drug-likeness (QED) is 0.388. The van der Waals surface area contributed by atoms with E-state index in [4.69, 9.17) is 16.3 Å². The van der Waals surface area contributed by atoms with Gasteiger partial charge in [-0.15, -0.1) is 0 Å². The number of amides is 2. The van der Waals surface area contributed by atoms with Crippen LogP contribution in [0.25, 0.3) is 0 Å². The van der Waals surface area contributed by atoms with E-state index in [1.807, 2.05) is 67.6 Å². The van der Waals surface area contributed by atoms with Crippen molar-refractivity contribution in [3.63, 3.8) is 0 Å². The van der Waals surface area contributed by atoms with E-state index >= 15 is 0 Å². The van der Waals surface area contributed by atoms with Gasteiger partial charge in [0.1, 0.15) is 5.75 Å². The van der Waals surface area contributed by atoms with Gasteiger partial charge in [0.05, 0.1) is 23.6 Å². The Balaban J connectivity index is 1.58. The molecule has 0 aliphatic carbocycles. The summed E-state index contributed by atoms with van der Waals surface area (Å²) in [5, 5.41) is 9.49. The lowest BCUT2D eigenvalue weighted by Crippen LogP contribution is -2.39. The van der Waals surface area contributed by atoms with Gasteiger partial charge in [0, 0.05) is 25.3 Å². The minimum atomic E-state index is -0.528. The highest BCUT2D eigenvalue weighted by molar-refractivity contribution is 6.34. The summed E-state index contributed by atoms with van der Waals surface area (Å²) in [4.78, 5) is 25.7. The Morgan fingerprint density at radius 3 is 2.33 bits per heavy atom. The van der Waals surface area contributed by atoms with Gasteiger partial charge in [-0.3, -0.25) is 9.59 Å². The summed E-state index contributed by atoms with van der Waals surface area (Å²) >= 11 is 6.28. The number of ether oxygens (including phenoxy) is 1. The topological polar surface area (TPSA) is 79.5 Å². The number of hydrogen-bond donors (Lipinski definition) is 3. The zero-order chi connectivity index (χ0) is 23.6. The highest BCUT2D eigenvalue weighted by atomic mass is 35.5. The van der Waals surface area contributed by atoms with Crippen LogP contribution in [0.15, 0.2) is 72.8 Å². The Bertz CT molecular complexity index is 1070. The highest BCUT2D eigenvalue weighted by Gasteiger charge is 2.22. The van der Waals surface area contributed by atoms with Crippen molar-refractivity contribution in [1.29, 1.82) is 0 Å². The average Bonchev–Trinajstić information content (AvgIpc) is 2.84. The maximum absolute atomic E-state index is 13.0. The minimum absolute atomic E-state index is 0.158. The summed E-state index contributed by atoms with van der Waals surface area (Å²) in [6, 6.07) is 22.3. The van der Waals surface area contributed by atoms with Crippen molar-refractivity contribution in [3.8, 4) is 5.75 Å². The lowest BCUT2D eigenvalue weighted by Gasteiger charge is -2.19. The van der Waals surface area contributed by atoms with E-state index in [2.05, 4.69) is 16.0 Å². The normalized spacial score (nSPS) is 11.4. The number of anilines is 1. The monoisotopic (exact) mass is 465 g/mol. The van der Waals surface area contributed by atoms with Crippen LogP contribution in [0.4, 0.5) is 5.69 Å². The van der Waals surface area contributed by atoms with E-state index in [1.165, 1.54) is 0 Å². The molecule has 1 unspecified atom stereocenters. The fourth-order valence-electron chi connectivity index (χ4n) is 3.38. The summed E-state index contributed by atoms with van der Waals surface area (Å²) in [5.74, 6) is -0.208. The highest BCUT2D eigenvalue weighted by Crippen LogP contribution is 2.21. The molecule has 0 spiro atoms. The zero-order valence-electron chi connectivity index (χ0n) is 18.7. The van der Waals surface area contributed by atoms with Crippen molar-refractivity contribution in [2.75, 3.05) is 32.1 Å². The first kappa shape index (κ1) is 24.1. The summed E-state index contributed by atoms with van der Waals surface area (Å²) in [6.45, 7) is 3.00. The summed E-state index contributed by atoms with van der Waals surface area (Å²) in [6.07, 6.45) is 0. The maximum Gasteiger partial charge on any atom is 0.252 e. The van der Waals surface area contributed by atoms with Gasteiger partial charge in [-0.2, -0.15) is 0 Å². The number of carbonyl (C=O) groups is 2. The number of nitrogens with one attached hydrogen (secondary N) is 3. The third-order valence-electron chi connectivity index (χ3n) is 5.26. The molecule has 0 radical (unpaired) electrons. The van der Waals surface area contributed by atoms with Gasteiger partial charge in [-0.25, -0.2) is 0 Å². The van der Waals surface area contributed by atoms with Crippen LogP contribution in [0.3, 0.4) is 0 Å². The molecule has 6 nitrogen and oxygen atoms in total. The number of aryl methyl sites for hydroxylation is 1. The molecule has 2 amide bonds. The third-order valence-corrected chi connectivity index (χ3v) is 5.77. The zero-order valence-corrected chi connectivity index (χ0v) is 19.5. The molecular weight excluding hydrogens is 438 g/mol. The van der Waals surface area contributed by atoms with Gasteiger partial charge in [-0.05, 0) is 48.4 Å². The standard InChI is InChI=1S/C26H28ClN3O3/c1-18-7-6-10-22(24(18)27)25(31)30-17-23(19-8-4-3-5-9-19)26(32)29-16-15-28-20-11-13-21(33-2)14-12-20/h3-14,23,28H,15-17H2,1-2H3,(H,29,32)(H,30,31). The molecule has 1 atom stereocenters. The second-order valence-corrected chi connectivity index (χ2v) is 7.93. The van der Waals surface area contributed by atoms with Gasteiger partial charge >= 0.3 is 0 Å². The predicted molar refractivity (Wildman–Crippen MR) is 132 cm³/mol. The molecule has 7 heteroatoms. The second-order valence-electron chi connectivity index (χ2n) is 7.56. The Labute approximate surface area is 199 Å². The third kappa shape index (κ3) is 6.73. The molecule has 0 saturated heterocycles. The van der Waals surface area contributed by atoms with E-state index in [0.29, 0.717) is 23.7 Å². The fourth-order valence-corrected chi connectivity index (χ4v) is 3.60. The minimum Gasteiger partial charge on any atom is -0.497 e. The molecule has 0 aliphatic rings. The molecule has 0 aliphatic heterocycles. The molecule has 33 heavy (non-hydrogen) atoms. The number of rotatable bonds is 10. The van der Waals surface area contributed by atoms with Crippen LogP contribution in [0.5, 0.6) is 5.75 Å². The first-order valence-electron chi connectivity index (χ1n) is 10.7. The summed E-state index contributed by atoms with van der Waals surface area (Å²) in [7, 11) is 1.62. The molecule has 0 fully saturated rings. The smallest absolute Gasteiger partial charge is 0.252 e. The molecule has 0 bridgehead atoms. The lowest BCUT2D eigenvalue weighted by atomic mass is 9.98. The maximum atomic E-state index is 13.0. The Morgan fingerprint density at radius 1 is 0.909 bits per heavy atom. The van der Waals surface area contributed by atoms with Crippen LogP contribution in [0.2, 0.25) is 5.02 Å². The van der Waals surface area contributed by atoms with Crippen molar-refractivity contribution >= 4 is 29.1 Å². The molecule has 0 aromatic heterocycles. The fraction of sp³-hybridized carbons (Fsp3) is 0.231. The molecule has 3 rings (SSSR count). The van der Waals surface area contributed by atoms with E-state index in [9.17, 15) is 9.59 Å². The van der Waals surface area contributed by atoms with Gasteiger partial charge in [-0.1, -0.05) is 54.1 Å². The number of halogens is 1. The Hall–Kier alpha value is -3.51. The largest absolute Gasteiger partial charge is 0.497 e. The lowest BCUT2D eigenvalue weighted by molar-refractivity contribution is -0.122. The van der Waals surface area contributed by atoms with E-state index in [1.54, 1.807) is 19.2 Å². The van der Waals surface area contributed by atoms with Crippen LogP contribution in [-0.2, 0) is 4.79 Å². The van der Waals surface area contributed by atoms with Crippen molar-refractivity contribution in [2.45, 2.75) is 12.8 Å². The number of benzene rings is 3. The SMILES string of the molecule is COc1ccc(NCCNC(=O)C(CNC(=O)c2cccc(C)c2Cl)c2ccccc2)cc1. The molecule has 3 aromatic rings. The predicted octanol–water partition coefficient (Wildman–Crippen LogP) is 4.40. The molecule has 172 valence electrons. The van der Waals surface area contributed by atoms with Crippen LogP contribution in [-0.4, -0.2) is 38.6 Å². The van der Waals surface area contributed by atoms with Crippen LogP contribution < -0.4 is 20.7 Å². The van der Waals surface area contributed by atoms with E-state index < -0.39 is 5.92 Å². The summed E-state index contributed by atoms with van der Waals surface area (Å²) < 4.78 is 5.15. The Morgan fingerprint density at radius 2 is 1.64 bits per heavy atom. The van der Waals surface area contributed by atoms with Gasteiger partial charge in [0.2, 0.25) is 5.91 Å². The van der Waals surface area contributed by atoms with Crippen molar-refractivity contribution in [2.24, 2.45) is 0 Å². The Kier molecular flexibility index (Phi) is 8.72.